The lowest BCUT2D eigenvalue weighted by Crippen LogP contribution is -2.39. The Bertz CT molecular complexity index is 1190. The second kappa shape index (κ2) is 8.43. The number of thiazole rings is 1. The Morgan fingerprint density at radius 3 is 2.71 bits per heavy atom. The number of benzene rings is 2. The van der Waals surface area contributed by atoms with Crippen LogP contribution in [0.4, 0.5) is 4.39 Å². The molecule has 1 atom stereocenters. The molecule has 7 heteroatoms. The fraction of sp³-hybridized carbons (Fsp3) is 0.208. The van der Waals surface area contributed by atoms with Crippen LogP contribution in [-0.2, 0) is 0 Å². The van der Waals surface area contributed by atoms with Gasteiger partial charge in [0, 0.05) is 41.2 Å². The van der Waals surface area contributed by atoms with Gasteiger partial charge < -0.3 is 4.90 Å². The number of aromatic amines is 1. The summed E-state index contributed by atoms with van der Waals surface area (Å²) in [5.74, 6) is -0.105. The van der Waals surface area contributed by atoms with Crippen LogP contribution in [0, 0.1) is 5.82 Å². The summed E-state index contributed by atoms with van der Waals surface area (Å²) < 4.78 is 13.2. The predicted octanol–water partition coefficient (Wildman–Crippen LogP) is 5.36. The van der Waals surface area contributed by atoms with Crippen LogP contribution in [0.25, 0.3) is 21.8 Å². The van der Waals surface area contributed by atoms with Crippen LogP contribution in [0.5, 0.6) is 0 Å². The van der Waals surface area contributed by atoms with E-state index in [0.29, 0.717) is 12.2 Å². The number of piperidine rings is 1. The van der Waals surface area contributed by atoms with Crippen molar-refractivity contribution in [3.8, 4) is 21.8 Å². The molecule has 0 spiro atoms. The fourth-order valence-corrected chi connectivity index (χ4v) is 4.78. The average Bonchev–Trinajstić information content (AvgIpc) is 3.50. The zero-order valence-corrected chi connectivity index (χ0v) is 17.6. The van der Waals surface area contributed by atoms with Gasteiger partial charge in [-0.15, -0.1) is 11.3 Å². The quantitative estimate of drug-likeness (QED) is 0.472. The molecule has 156 valence electrons. The minimum absolute atomic E-state index is 0.0265. The Morgan fingerprint density at radius 1 is 1.10 bits per heavy atom. The van der Waals surface area contributed by atoms with Crippen molar-refractivity contribution < 1.29 is 9.18 Å². The van der Waals surface area contributed by atoms with Crippen LogP contribution < -0.4 is 0 Å². The molecule has 0 unspecified atom stereocenters. The summed E-state index contributed by atoms with van der Waals surface area (Å²) in [5.41, 5.74) is 4.17. The van der Waals surface area contributed by atoms with Gasteiger partial charge in [-0.2, -0.15) is 5.10 Å². The molecule has 1 saturated heterocycles. The third kappa shape index (κ3) is 4.14. The average molecular weight is 433 g/mol. The van der Waals surface area contributed by atoms with E-state index in [4.69, 9.17) is 0 Å². The number of halogens is 1. The second-order valence-corrected chi connectivity index (χ2v) is 8.57. The highest BCUT2D eigenvalue weighted by Crippen LogP contribution is 2.30. The lowest BCUT2D eigenvalue weighted by Gasteiger charge is -2.31. The molecule has 1 amide bonds. The summed E-state index contributed by atoms with van der Waals surface area (Å²) >= 11 is 1.49. The Morgan fingerprint density at radius 2 is 1.90 bits per heavy atom. The third-order valence-electron chi connectivity index (χ3n) is 5.63. The Balaban J connectivity index is 1.30. The highest BCUT2D eigenvalue weighted by molar-refractivity contribution is 7.13. The number of rotatable bonds is 4. The van der Waals surface area contributed by atoms with Crippen LogP contribution in [-0.4, -0.2) is 39.1 Å². The fourth-order valence-electron chi connectivity index (χ4n) is 3.98. The van der Waals surface area contributed by atoms with Crippen molar-refractivity contribution in [2.24, 2.45) is 0 Å². The first kappa shape index (κ1) is 19.6. The van der Waals surface area contributed by atoms with Crippen molar-refractivity contribution in [3.05, 3.63) is 83.2 Å². The van der Waals surface area contributed by atoms with Crippen molar-refractivity contribution in [1.29, 1.82) is 0 Å². The predicted molar refractivity (Wildman–Crippen MR) is 119 cm³/mol. The molecule has 1 aliphatic heterocycles. The van der Waals surface area contributed by atoms with Gasteiger partial charge in [0.25, 0.3) is 5.91 Å². The summed E-state index contributed by atoms with van der Waals surface area (Å²) in [7, 11) is 0. The highest BCUT2D eigenvalue weighted by Gasteiger charge is 2.28. The molecule has 4 aromatic rings. The number of carbonyl (C=O) groups is 1. The van der Waals surface area contributed by atoms with Gasteiger partial charge in [0.1, 0.15) is 16.5 Å². The minimum Gasteiger partial charge on any atom is -0.337 e. The van der Waals surface area contributed by atoms with Gasteiger partial charge in [-0.3, -0.25) is 9.89 Å². The highest BCUT2D eigenvalue weighted by atomic mass is 32.1. The van der Waals surface area contributed by atoms with E-state index in [2.05, 4.69) is 15.2 Å². The summed E-state index contributed by atoms with van der Waals surface area (Å²) in [4.78, 5) is 19.6. The van der Waals surface area contributed by atoms with E-state index < -0.39 is 0 Å². The van der Waals surface area contributed by atoms with Gasteiger partial charge in [0.2, 0.25) is 0 Å². The standard InChI is InChI=1S/C24H21FN4OS/c25-19-10-8-16(9-11-19)20-13-21(28-27-20)18-7-4-12-29(14-18)24(30)22-15-31-23(26-22)17-5-2-1-3-6-17/h1-3,5-6,8-11,13,15,18H,4,7,12,14H2,(H,27,28)/t18-/m0/s1. The Kier molecular flexibility index (Phi) is 5.34. The molecular weight excluding hydrogens is 411 g/mol. The molecule has 0 bridgehead atoms. The van der Waals surface area contributed by atoms with Crippen molar-refractivity contribution in [2.75, 3.05) is 13.1 Å². The summed E-state index contributed by atoms with van der Waals surface area (Å²) in [6.07, 6.45) is 1.91. The van der Waals surface area contributed by atoms with Crippen LogP contribution >= 0.6 is 11.3 Å². The van der Waals surface area contributed by atoms with Crippen molar-refractivity contribution in [1.82, 2.24) is 20.1 Å². The molecule has 31 heavy (non-hydrogen) atoms. The summed E-state index contributed by atoms with van der Waals surface area (Å²) in [6.45, 7) is 1.36. The number of hydrogen-bond donors (Lipinski definition) is 1. The van der Waals surface area contributed by atoms with Crippen molar-refractivity contribution in [2.45, 2.75) is 18.8 Å². The van der Waals surface area contributed by atoms with E-state index in [1.807, 2.05) is 46.7 Å². The van der Waals surface area contributed by atoms with Gasteiger partial charge in [0.05, 0.1) is 5.69 Å². The van der Waals surface area contributed by atoms with Crippen LogP contribution in [0.1, 0.15) is 34.9 Å². The van der Waals surface area contributed by atoms with E-state index in [-0.39, 0.29) is 17.6 Å². The molecule has 0 aliphatic carbocycles. The van der Waals surface area contributed by atoms with E-state index in [9.17, 15) is 9.18 Å². The van der Waals surface area contributed by atoms with Crippen LogP contribution in [0.3, 0.4) is 0 Å². The van der Waals surface area contributed by atoms with Crippen LogP contribution in [0.2, 0.25) is 0 Å². The SMILES string of the molecule is O=C(c1csc(-c2ccccc2)n1)N1CCC[C@H](c2cc(-c3ccc(F)cc3)n[nH]2)C1. The van der Waals surface area contributed by atoms with Gasteiger partial charge in [-0.05, 0) is 43.2 Å². The van der Waals surface area contributed by atoms with E-state index in [1.165, 1.54) is 23.5 Å². The molecule has 1 fully saturated rings. The Labute approximate surface area is 183 Å². The summed E-state index contributed by atoms with van der Waals surface area (Å²) in [5, 5.41) is 10.2. The number of nitrogens with zero attached hydrogens (tertiary/aromatic N) is 3. The van der Waals surface area contributed by atoms with Gasteiger partial charge in [0.15, 0.2) is 0 Å². The maximum atomic E-state index is 13.2. The van der Waals surface area contributed by atoms with Gasteiger partial charge >= 0.3 is 0 Å². The maximum absolute atomic E-state index is 13.2. The zero-order chi connectivity index (χ0) is 21.2. The molecule has 0 radical (unpaired) electrons. The van der Waals surface area contributed by atoms with Gasteiger partial charge in [-0.1, -0.05) is 30.3 Å². The number of carbonyl (C=O) groups excluding carboxylic acids is 1. The number of hydrogen-bond acceptors (Lipinski definition) is 4. The third-order valence-corrected chi connectivity index (χ3v) is 6.52. The zero-order valence-electron chi connectivity index (χ0n) is 16.8. The molecule has 1 N–H and O–H groups in total. The van der Waals surface area contributed by atoms with E-state index in [0.717, 1.165) is 46.9 Å². The lowest BCUT2D eigenvalue weighted by molar-refractivity contribution is 0.0701. The van der Waals surface area contributed by atoms with E-state index >= 15 is 0 Å². The molecule has 1 aliphatic rings. The molecule has 3 heterocycles. The number of nitrogens with one attached hydrogen (secondary N) is 1. The first-order valence-corrected chi connectivity index (χ1v) is 11.2. The molecule has 2 aromatic carbocycles. The largest absolute Gasteiger partial charge is 0.337 e. The maximum Gasteiger partial charge on any atom is 0.273 e. The normalized spacial score (nSPS) is 16.4. The molecular formula is C24H21FN4OS. The number of amides is 1. The lowest BCUT2D eigenvalue weighted by atomic mass is 9.94. The summed E-state index contributed by atoms with van der Waals surface area (Å²) in [6, 6.07) is 18.2. The van der Waals surface area contributed by atoms with Crippen molar-refractivity contribution >= 4 is 17.2 Å². The minimum atomic E-state index is -0.265. The molecule has 5 rings (SSSR count). The van der Waals surface area contributed by atoms with Crippen LogP contribution in [0.15, 0.2) is 66.0 Å². The van der Waals surface area contributed by atoms with Crippen molar-refractivity contribution in [3.63, 3.8) is 0 Å². The topological polar surface area (TPSA) is 61.9 Å². The monoisotopic (exact) mass is 432 g/mol. The number of H-pyrrole nitrogens is 1. The molecule has 2 aromatic heterocycles. The smallest absolute Gasteiger partial charge is 0.273 e. The molecule has 5 nitrogen and oxygen atoms in total. The second-order valence-electron chi connectivity index (χ2n) is 7.71. The first-order chi connectivity index (χ1) is 15.2. The number of aromatic nitrogens is 3. The first-order valence-electron chi connectivity index (χ1n) is 10.3. The van der Waals surface area contributed by atoms with Gasteiger partial charge in [-0.25, -0.2) is 9.37 Å². The van der Waals surface area contributed by atoms with E-state index in [1.54, 1.807) is 12.1 Å². The Hall–Kier alpha value is -3.32. The molecule has 0 saturated carbocycles. The number of likely N-dealkylation sites (tertiary alicyclic amines) is 1.